The summed E-state index contributed by atoms with van der Waals surface area (Å²) in [6.45, 7) is 6.06. The van der Waals surface area contributed by atoms with Crippen molar-refractivity contribution in [3.63, 3.8) is 0 Å². The van der Waals surface area contributed by atoms with E-state index in [0.29, 0.717) is 0 Å². The fourth-order valence-corrected chi connectivity index (χ4v) is 1.99. The molecule has 4 atom stereocenters. The zero-order valence-corrected chi connectivity index (χ0v) is 15.9. The average Bonchev–Trinajstić information content (AvgIpc) is 2.56. The molecule has 154 valence electrons. The molecule has 27 heavy (non-hydrogen) atoms. The molecule has 0 saturated heterocycles. The van der Waals surface area contributed by atoms with Gasteiger partial charge in [-0.1, -0.05) is 13.8 Å². The maximum absolute atomic E-state index is 12.4. The minimum atomic E-state index is -1.21. The molecule has 4 amide bonds. The van der Waals surface area contributed by atoms with Crippen molar-refractivity contribution in [2.45, 2.75) is 64.7 Å². The van der Waals surface area contributed by atoms with E-state index in [-0.39, 0.29) is 18.8 Å². The van der Waals surface area contributed by atoms with Crippen LogP contribution in [0.1, 0.15) is 40.5 Å². The molecule has 0 aliphatic carbocycles. The highest BCUT2D eigenvalue weighted by atomic mass is 16.4. The Kier molecular flexibility index (Phi) is 10.0. The second-order valence-electron chi connectivity index (χ2n) is 6.64. The molecule has 0 saturated carbocycles. The highest BCUT2D eigenvalue weighted by Crippen LogP contribution is 2.04. The van der Waals surface area contributed by atoms with E-state index < -0.39 is 53.8 Å². The van der Waals surface area contributed by atoms with E-state index in [9.17, 15) is 24.0 Å². The largest absolute Gasteiger partial charge is 0.480 e. The van der Waals surface area contributed by atoms with Gasteiger partial charge in [0.25, 0.3) is 0 Å². The lowest BCUT2D eigenvalue weighted by Gasteiger charge is -2.25. The molecule has 0 aromatic heterocycles. The summed E-state index contributed by atoms with van der Waals surface area (Å²) in [7, 11) is 0. The first-order chi connectivity index (χ1) is 12.4. The summed E-state index contributed by atoms with van der Waals surface area (Å²) in [6, 6.07) is -4.10. The molecule has 0 spiro atoms. The number of nitrogens with one attached hydrogen (secondary N) is 3. The highest BCUT2D eigenvalue weighted by Gasteiger charge is 2.29. The summed E-state index contributed by atoms with van der Waals surface area (Å²) in [5.74, 6) is -4.03. The zero-order valence-electron chi connectivity index (χ0n) is 15.9. The Labute approximate surface area is 157 Å². The van der Waals surface area contributed by atoms with Crippen molar-refractivity contribution < 1.29 is 29.1 Å². The lowest BCUT2D eigenvalue weighted by Crippen LogP contribution is -2.57. The Morgan fingerprint density at radius 1 is 0.852 bits per heavy atom. The molecular formula is C16H29N5O6. The minimum Gasteiger partial charge on any atom is -0.480 e. The van der Waals surface area contributed by atoms with Gasteiger partial charge in [0.15, 0.2) is 0 Å². The van der Waals surface area contributed by atoms with Gasteiger partial charge in [-0.15, -0.1) is 0 Å². The van der Waals surface area contributed by atoms with Crippen LogP contribution in [0.3, 0.4) is 0 Å². The van der Waals surface area contributed by atoms with Crippen LogP contribution >= 0.6 is 0 Å². The van der Waals surface area contributed by atoms with Gasteiger partial charge in [0.2, 0.25) is 23.6 Å². The smallest absolute Gasteiger partial charge is 0.325 e. The molecule has 0 heterocycles. The van der Waals surface area contributed by atoms with E-state index in [2.05, 4.69) is 16.0 Å². The van der Waals surface area contributed by atoms with Crippen LogP contribution in [0, 0.1) is 5.92 Å². The van der Waals surface area contributed by atoms with Crippen LogP contribution in [0.4, 0.5) is 0 Å². The van der Waals surface area contributed by atoms with Gasteiger partial charge in [0.1, 0.15) is 18.1 Å². The summed E-state index contributed by atoms with van der Waals surface area (Å²) >= 11 is 0. The fourth-order valence-electron chi connectivity index (χ4n) is 1.99. The van der Waals surface area contributed by atoms with Gasteiger partial charge in [-0.2, -0.15) is 0 Å². The normalized spacial score (nSPS) is 15.2. The molecule has 11 nitrogen and oxygen atoms in total. The van der Waals surface area contributed by atoms with E-state index in [1.165, 1.54) is 13.8 Å². The lowest BCUT2D eigenvalue weighted by molar-refractivity contribution is -0.141. The third kappa shape index (κ3) is 8.99. The monoisotopic (exact) mass is 387 g/mol. The third-order valence-corrected chi connectivity index (χ3v) is 3.77. The standard InChI is InChI=1S/C16H29N5O6/c1-7(2)12(21-14(24)10(17)5-6-11(18)22)15(25)19-8(3)13(23)20-9(4)16(26)27/h7-10,12H,5-6,17H2,1-4H3,(H2,18,22)(H,19,25)(H,20,23)(H,21,24)(H,26,27). The van der Waals surface area contributed by atoms with Gasteiger partial charge in [-0.25, -0.2) is 0 Å². The van der Waals surface area contributed by atoms with E-state index in [4.69, 9.17) is 16.6 Å². The highest BCUT2D eigenvalue weighted by molar-refractivity contribution is 5.94. The summed E-state index contributed by atoms with van der Waals surface area (Å²) in [6.07, 6.45) is -0.0222. The van der Waals surface area contributed by atoms with Crippen LogP contribution in [-0.2, 0) is 24.0 Å². The number of rotatable bonds is 11. The van der Waals surface area contributed by atoms with E-state index >= 15 is 0 Å². The number of hydrogen-bond donors (Lipinski definition) is 6. The van der Waals surface area contributed by atoms with Crippen molar-refractivity contribution in [3.8, 4) is 0 Å². The first-order valence-electron chi connectivity index (χ1n) is 8.54. The Bertz CT molecular complexity index is 580. The van der Waals surface area contributed by atoms with E-state index in [0.717, 1.165) is 0 Å². The van der Waals surface area contributed by atoms with Crippen LogP contribution in [-0.4, -0.2) is 58.9 Å². The van der Waals surface area contributed by atoms with Crippen molar-refractivity contribution in [1.82, 2.24) is 16.0 Å². The number of carboxylic acids is 1. The van der Waals surface area contributed by atoms with Crippen molar-refractivity contribution in [2.75, 3.05) is 0 Å². The molecule has 0 aromatic rings. The number of carbonyl (C=O) groups is 5. The number of carbonyl (C=O) groups excluding carboxylic acids is 4. The predicted octanol–water partition coefficient (Wildman–Crippen LogP) is -2.19. The van der Waals surface area contributed by atoms with Crippen LogP contribution < -0.4 is 27.4 Å². The predicted molar refractivity (Wildman–Crippen MR) is 96.0 cm³/mol. The van der Waals surface area contributed by atoms with Crippen LogP contribution in [0.15, 0.2) is 0 Å². The Balaban J connectivity index is 4.83. The second-order valence-corrected chi connectivity index (χ2v) is 6.64. The maximum Gasteiger partial charge on any atom is 0.325 e. The number of carboxylic acid groups (broad SMARTS) is 1. The molecule has 0 aliphatic rings. The molecule has 0 rings (SSSR count). The molecule has 0 aromatic carbocycles. The number of primary amides is 1. The number of hydrogen-bond acceptors (Lipinski definition) is 6. The zero-order chi connectivity index (χ0) is 21.3. The molecule has 4 unspecified atom stereocenters. The van der Waals surface area contributed by atoms with Gasteiger partial charge in [-0.05, 0) is 26.2 Å². The Hall–Kier alpha value is -2.69. The average molecular weight is 387 g/mol. The SMILES string of the molecule is CC(NC(=O)C(C)NC(=O)C(NC(=O)C(N)CCC(N)=O)C(C)C)C(=O)O. The van der Waals surface area contributed by atoms with Gasteiger partial charge in [0.05, 0.1) is 6.04 Å². The van der Waals surface area contributed by atoms with Gasteiger partial charge in [-0.3, -0.25) is 24.0 Å². The molecule has 8 N–H and O–H groups in total. The topological polar surface area (TPSA) is 194 Å². The summed E-state index contributed by atoms with van der Waals surface area (Å²) in [4.78, 5) is 58.0. The van der Waals surface area contributed by atoms with Crippen molar-refractivity contribution in [2.24, 2.45) is 17.4 Å². The third-order valence-electron chi connectivity index (χ3n) is 3.77. The molecule has 0 fully saturated rings. The second kappa shape index (κ2) is 11.1. The number of aliphatic carboxylic acids is 1. The van der Waals surface area contributed by atoms with Crippen LogP contribution in [0.5, 0.6) is 0 Å². The van der Waals surface area contributed by atoms with Crippen LogP contribution in [0.2, 0.25) is 0 Å². The molecule has 11 heteroatoms. The first-order valence-corrected chi connectivity index (χ1v) is 8.54. The minimum absolute atomic E-state index is 0.0412. The van der Waals surface area contributed by atoms with Crippen molar-refractivity contribution in [1.29, 1.82) is 0 Å². The van der Waals surface area contributed by atoms with E-state index in [1.54, 1.807) is 13.8 Å². The quantitative estimate of drug-likeness (QED) is 0.232. The Morgan fingerprint density at radius 2 is 1.37 bits per heavy atom. The summed E-state index contributed by atoms with van der Waals surface area (Å²) in [5, 5.41) is 15.9. The van der Waals surface area contributed by atoms with Gasteiger partial charge in [0, 0.05) is 6.42 Å². The fraction of sp³-hybridized carbons (Fsp3) is 0.688. The molecule has 0 aliphatic heterocycles. The van der Waals surface area contributed by atoms with Crippen molar-refractivity contribution in [3.05, 3.63) is 0 Å². The molecule has 0 bridgehead atoms. The van der Waals surface area contributed by atoms with Gasteiger partial charge < -0.3 is 32.5 Å². The lowest BCUT2D eigenvalue weighted by atomic mass is 10.0. The Morgan fingerprint density at radius 3 is 1.81 bits per heavy atom. The number of amides is 4. The van der Waals surface area contributed by atoms with Crippen molar-refractivity contribution >= 4 is 29.6 Å². The molecular weight excluding hydrogens is 358 g/mol. The number of nitrogens with two attached hydrogens (primary N) is 2. The summed E-state index contributed by atoms with van der Waals surface area (Å²) < 4.78 is 0. The van der Waals surface area contributed by atoms with E-state index in [1.807, 2.05) is 0 Å². The van der Waals surface area contributed by atoms with Crippen LogP contribution in [0.25, 0.3) is 0 Å². The molecule has 0 radical (unpaired) electrons. The first kappa shape index (κ1) is 24.3. The maximum atomic E-state index is 12.4. The summed E-state index contributed by atoms with van der Waals surface area (Å²) in [5.41, 5.74) is 10.7. The van der Waals surface area contributed by atoms with Gasteiger partial charge >= 0.3 is 5.97 Å².